The Morgan fingerprint density at radius 1 is 1.31 bits per heavy atom. The SMILES string of the molecule is COC(=O)COc1cccc(/C=C2\N=C(c3ccc([N+](=O)[O-])cc3Cl)OC2=O)c1. The Bertz CT molecular complexity index is 1060. The maximum atomic E-state index is 12.1. The number of nitrogens with zero attached hydrogens (tertiary/aromatic N) is 2. The van der Waals surface area contributed by atoms with E-state index >= 15 is 0 Å². The van der Waals surface area contributed by atoms with Gasteiger partial charge in [0.15, 0.2) is 12.3 Å². The van der Waals surface area contributed by atoms with E-state index in [1.807, 2.05) is 0 Å². The van der Waals surface area contributed by atoms with Crippen LogP contribution in [0.3, 0.4) is 0 Å². The molecule has 3 rings (SSSR count). The minimum atomic E-state index is -0.699. The zero-order chi connectivity index (χ0) is 21.0. The molecule has 1 aliphatic heterocycles. The summed E-state index contributed by atoms with van der Waals surface area (Å²) in [6.07, 6.45) is 1.47. The van der Waals surface area contributed by atoms with Gasteiger partial charge in [0.25, 0.3) is 5.69 Å². The van der Waals surface area contributed by atoms with Crippen molar-refractivity contribution in [1.29, 1.82) is 0 Å². The minimum Gasteiger partial charge on any atom is -0.482 e. The van der Waals surface area contributed by atoms with Crippen molar-refractivity contribution in [1.82, 2.24) is 0 Å². The highest BCUT2D eigenvalue weighted by atomic mass is 35.5. The van der Waals surface area contributed by atoms with Gasteiger partial charge in [-0.3, -0.25) is 10.1 Å². The van der Waals surface area contributed by atoms with Crippen molar-refractivity contribution >= 4 is 41.2 Å². The van der Waals surface area contributed by atoms with Crippen LogP contribution in [0.15, 0.2) is 53.2 Å². The molecule has 0 bridgehead atoms. The fourth-order valence-electron chi connectivity index (χ4n) is 2.37. The van der Waals surface area contributed by atoms with Crippen LogP contribution in [0, 0.1) is 10.1 Å². The third-order valence-corrected chi connectivity index (χ3v) is 4.07. The quantitative estimate of drug-likeness (QED) is 0.307. The molecule has 2 aromatic carbocycles. The number of nitro benzene ring substituents is 1. The van der Waals surface area contributed by atoms with E-state index in [1.165, 1.54) is 25.3 Å². The summed E-state index contributed by atoms with van der Waals surface area (Å²) in [7, 11) is 1.25. The Hall–Kier alpha value is -3.72. The topological polar surface area (TPSA) is 117 Å². The minimum absolute atomic E-state index is 0.0135. The van der Waals surface area contributed by atoms with Crippen LogP contribution in [0.1, 0.15) is 11.1 Å². The zero-order valence-corrected chi connectivity index (χ0v) is 15.7. The van der Waals surface area contributed by atoms with Gasteiger partial charge in [0, 0.05) is 12.1 Å². The summed E-state index contributed by atoms with van der Waals surface area (Å²) in [5, 5.41) is 10.8. The van der Waals surface area contributed by atoms with Crippen LogP contribution in [-0.4, -0.2) is 36.5 Å². The summed E-state index contributed by atoms with van der Waals surface area (Å²) in [5.41, 5.74) is 0.658. The maximum Gasteiger partial charge on any atom is 0.363 e. The van der Waals surface area contributed by atoms with E-state index in [-0.39, 0.29) is 34.5 Å². The van der Waals surface area contributed by atoms with Crippen LogP contribution in [0.25, 0.3) is 6.08 Å². The molecule has 0 aliphatic carbocycles. The van der Waals surface area contributed by atoms with Gasteiger partial charge in [0.05, 0.1) is 22.6 Å². The van der Waals surface area contributed by atoms with Crippen LogP contribution in [0.2, 0.25) is 5.02 Å². The summed E-state index contributed by atoms with van der Waals surface area (Å²) in [4.78, 5) is 37.6. The number of carbonyl (C=O) groups excluding carboxylic acids is 2. The lowest BCUT2D eigenvalue weighted by Crippen LogP contribution is -2.12. The van der Waals surface area contributed by atoms with Gasteiger partial charge in [0.2, 0.25) is 5.90 Å². The molecule has 1 heterocycles. The molecule has 0 aromatic heterocycles. The van der Waals surface area contributed by atoms with Crippen molar-refractivity contribution in [2.45, 2.75) is 0 Å². The van der Waals surface area contributed by atoms with E-state index < -0.39 is 16.9 Å². The third kappa shape index (κ3) is 4.77. The van der Waals surface area contributed by atoms with Crippen LogP contribution in [0.4, 0.5) is 5.69 Å². The summed E-state index contributed by atoms with van der Waals surface area (Å²) >= 11 is 6.05. The Morgan fingerprint density at radius 3 is 2.79 bits per heavy atom. The van der Waals surface area contributed by atoms with Crippen LogP contribution in [-0.2, 0) is 19.1 Å². The lowest BCUT2D eigenvalue weighted by atomic mass is 10.2. The van der Waals surface area contributed by atoms with Crippen molar-refractivity contribution in [2.75, 3.05) is 13.7 Å². The number of esters is 2. The summed E-state index contributed by atoms with van der Waals surface area (Å²) in [5.74, 6) is -0.879. The Balaban J connectivity index is 1.84. The van der Waals surface area contributed by atoms with Gasteiger partial charge in [-0.1, -0.05) is 23.7 Å². The van der Waals surface area contributed by atoms with Crippen molar-refractivity contribution < 1.29 is 28.7 Å². The molecule has 148 valence electrons. The van der Waals surface area contributed by atoms with Gasteiger partial charge in [-0.25, -0.2) is 14.6 Å². The number of ether oxygens (including phenoxy) is 3. The second-order valence-electron chi connectivity index (χ2n) is 5.69. The molecule has 0 amide bonds. The Kier molecular flexibility index (Phi) is 5.89. The molecule has 10 heteroatoms. The molecule has 0 spiro atoms. The molecule has 1 aliphatic rings. The van der Waals surface area contributed by atoms with Gasteiger partial charge in [-0.15, -0.1) is 0 Å². The van der Waals surface area contributed by atoms with Gasteiger partial charge >= 0.3 is 11.9 Å². The van der Waals surface area contributed by atoms with Crippen molar-refractivity contribution in [2.24, 2.45) is 4.99 Å². The van der Waals surface area contributed by atoms with E-state index in [9.17, 15) is 19.7 Å². The largest absolute Gasteiger partial charge is 0.482 e. The van der Waals surface area contributed by atoms with E-state index in [2.05, 4.69) is 9.73 Å². The van der Waals surface area contributed by atoms with E-state index in [0.717, 1.165) is 6.07 Å². The average molecular weight is 417 g/mol. The lowest BCUT2D eigenvalue weighted by molar-refractivity contribution is -0.384. The van der Waals surface area contributed by atoms with Crippen molar-refractivity contribution in [3.63, 3.8) is 0 Å². The fraction of sp³-hybridized carbons (Fsp3) is 0.105. The molecule has 0 atom stereocenters. The average Bonchev–Trinajstić information content (AvgIpc) is 3.06. The first-order valence-corrected chi connectivity index (χ1v) is 8.51. The molecule has 0 saturated heterocycles. The van der Waals surface area contributed by atoms with Crippen LogP contribution < -0.4 is 4.74 Å². The zero-order valence-electron chi connectivity index (χ0n) is 15.0. The number of halogens is 1. The number of non-ortho nitro benzene ring substituents is 1. The second kappa shape index (κ2) is 8.53. The molecule has 0 radical (unpaired) electrons. The Labute approximate surface area is 169 Å². The molecule has 2 aromatic rings. The molecule has 0 N–H and O–H groups in total. The van der Waals surface area contributed by atoms with Gasteiger partial charge in [-0.05, 0) is 29.8 Å². The van der Waals surface area contributed by atoms with Crippen molar-refractivity contribution in [3.8, 4) is 5.75 Å². The van der Waals surface area contributed by atoms with Gasteiger partial charge in [-0.2, -0.15) is 0 Å². The molecule has 9 nitrogen and oxygen atoms in total. The number of aliphatic imine (C=N–C) groups is 1. The molecule has 0 unspecified atom stereocenters. The van der Waals surface area contributed by atoms with E-state index in [0.29, 0.717) is 11.3 Å². The highest BCUT2D eigenvalue weighted by Gasteiger charge is 2.26. The maximum absolute atomic E-state index is 12.1. The normalized spacial score (nSPS) is 14.3. The van der Waals surface area contributed by atoms with Gasteiger partial charge < -0.3 is 14.2 Å². The lowest BCUT2D eigenvalue weighted by Gasteiger charge is -2.05. The smallest absolute Gasteiger partial charge is 0.363 e. The number of benzene rings is 2. The van der Waals surface area contributed by atoms with Crippen LogP contribution >= 0.6 is 11.6 Å². The first-order chi connectivity index (χ1) is 13.9. The predicted octanol–water partition coefficient (Wildman–Crippen LogP) is 3.14. The number of cyclic esters (lactones) is 1. The summed E-state index contributed by atoms with van der Waals surface area (Å²) in [6, 6.07) is 10.4. The first kappa shape index (κ1) is 20.0. The summed E-state index contributed by atoms with van der Waals surface area (Å²) < 4.78 is 14.9. The van der Waals surface area contributed by atoms with E-state index in [1.54, 1.807) is 24.3 Å². The highest BCUT2D eigenvalue weighted by molar-refractivity contribution is 6.34. The first-order valence-electron chi connectivity index (χ1n) is 8.14. The molecular formula is C19H13ClN2O7. The second-order valence-corrected chi connectivity index (χ2v) is 6.10. The number of methoxy groups -OCH3 is 1. The number of hydrogen-bond acceptors (Lipinski definition) is 8. The molecular weight excluding hydrogens is 404 g/mol. The number of hydrogen-bond donors (Lipinski definition) is 0. The Morgan fingerprint density at radius 2 is 2.10 bits per heavy atom. The monoisotopic (exact) mass is 416 g/mol. The summed E-state index contributed by atoms with van der Waals surface area (Å²) in [6.45, 7) is -0.250. The molecule has 0 saturated carbocycles. The number of carbonyl (C=O) groups is 2. The molecule has 0 fully saturated rings. The van der Waals surface area contributed by atoms with Gasteiger partial charge in [0.1, 0.15) is 5.75 Å². The van der Waals surface area contributed by atoms with Crippen molar-refractivity contribution in [3.05, 3.63) is 74.4 Å². The fourth-order valence-corrected chi connectivity index (χ4v) is 2.62. The molecule has 29 heavy (non-hydrogen) atoms. The van der Waals surface area contributed by atoms with Crippen LogP contribution in [0.5, 0.6) is 5.75 Å². The predicted molar refractivity (Wildman–Crippen MR) is 103 cm³/mol. The number of rotatable bonds is 6. The van der Waals surface area contributed by atoms with E-state index in [4.69, 9.17) is 21.1 Å². The third-order valence-electron chi connectivity index (χ3n) is 3.76. The number of nitro groups is 1. The standard InChI is InChI=1S/C19H13ClN2O7/c1-27-17(23)10-28-13-4-2-3-11(7-13)8-16-19(24)29-18(21-16)14-6-5-12(22(25)26)9-15(14)20/h2-9H,10H2,1H3/b16-8-. The highest BCUT2D eigenvalue weighted by Crippen LogP contribution is 2.27.